The average molecular weight is 430 g/mol. The van der Waals surface area contributed by atoms with Crippen molar-refractivity contribution in [1.29, 1.82) is 0 Å². The molecule has 29 heavy (non-hydrogen) atoms. The number of rotatable bonds is 3. The van der Waals surface area contributed by atoms with Gasteiger partial charge in [0, 0.05) is 10.6 Å². The molecule has 0 bridgehead atoms. The maximum Gasteiger partial charge on any atom is 0.232 e. The van der Waals surface area contributed by atoms with Gasteiger partial charge in [0.2, 0.25) is 5.88 Å². The van der Waals surface area contributed by atoms with Gasteiger partial charge in [-0.05, 0) is 30.7 Å². The average Bonchev–Trinajstić information content (AvgIpc) is 3.18. The molecule has 0 fully saturated rings. The van der Waals surface area contributed by atoms with E-state index >= 15 is 0 Å². The number of fused-ring (bicyclic) bond motifs is 4. The summed E-state index contributed by atoms with van der Waals surface area (Å²) in [5.41, 5.74) is 3.92. The second-order valence-corrected chi connectivity index (χ2v) is 8.12. The van der Waals surface area contributed by atoms with Crippen molar-refractivity contribution in [3.8, 4) is 28.0 Å². The van der Waals surface area contributed by atoms with Gasteiger partial charge in [0.15, 0.2) is 17.6 Å². The summed E-state index contributed by atoms with van der Waals surface area (Å²) in [5.74, 6) is 1.69. The van der Waals surface area contributed by atoms with E-state index in [2.05, 4.69) is 9.97 Å². The fraction of sp³-hybridized carbons (Fsp3) is 0.250. The van der Waals surface area contributed by atoms with E-state index in [1.807, 2.05) is 19.1 Å². The van der Waals surface area contributed by atoms with Gasteiger partial charge in [-0.25, -0.2) is 15.0 Å². The third kappa shape index (κ3) is 3.04. The molecule has 2 aromatic carbocycles. The molecule has 1 atom stereocenters. The molecule has 9 heteroatoms. The van der Waals surface area contributed by atoms with E-state index in [0.29, 0.717) is 40.0 Å². The lowest BCUT2D eigenvalue weighted by molar-refractivity contribution is 0.0468. The SMILES string of the molecule is COc1cnc2c(-c3nc4c(C)cc5c(c4s3)OCC(CO)O5)cc(Cl)cc2n1. The quantitative estimate of drug-likeness (QED) is 0.526. The summed E-state index contributed by atoms with van der Waals surface area (Å²) >= 11 is 7.83. The first-order valence-corrected chi connectivity index (χ1v) is 10.1. The Bertz CT molecular complexity index is 1260. The molecule has 5 rings (SSSR count). The lowest BCUT2D eigenvalue weighted by Crippen LogP contribution is -2.32. The number of benzene rings is 2. The van der Waals surface area contributed by atoms with Crippen molar-refractivity contribution in [2.45, 2.75) is 13.0 Å². The Labute approximate surface area is 174 Å². The van der Waals surface area contributed by atoms with Crippen molar-refractivity contribution in [2.75, 3.05) is 20.3 Å². The molecule has 1 aliphatic rings. The van der Waals surface area contributed by atoms with Crippen molar-refractivity contribution in [1.82, 2.24) is 15.0 Å². The number of hydrogen-bond acceptors (Lipinski definition) is 8. The van der Waals surface area contributed by atoms with E-state index in [9.17, 15) is 5.11 Å². The van der Waals surface area contributed by atoms with E-state index in [0.717, 1.165) is 26.4 Å². The molecular formula is C20H16ClN3O4S. The highest BCUT2D eigenvalue weighted by molar-refractivity contribution is 7.22. The summed E-state index contributed by atoms with van der Waals surface area (Å²) < 4.78 is 17.8. The van der Waals surface area contributed by atoms with Crippen LogP contribution in [-0.2, 0) is 0 Å². The molecule has 1 N–H and O–H groups in total. The minimum atomic E-state index is -0.367. The van der Waals surface area contributed by atoms with Gasteiger partial charge < -0.3 is 19.3 Å². The topological polar surface area (TPSA) is 86.6 Å². The number of aliphatic hydroxyl groups is 1. The molecular weight excluding hydrogens is 414 g/mol. The molecule has 1 unspecified atom stereocenters. The van der Waals surface area contributed by atoms with Crippen LogP contribution >= 0.6 is 22.9 Å². The summed E-state index contributed by atoms with van der Waals surface area (Å²) in [6, 6.07) is 5.48. The zero-order valence-electron chi connectivity index (χ0n) is 15.6. The molecule has 0 amide bonds. The summed E-state index contributed by atoms with van der Waals surface area (Å²) in [7, 11) is 1.55. The molecule has 0 saturated heterocycles. The van der Waals surface area contributed by atoms with Gasteiger partial charge in [-0.2, -0.15) is 0 Å². The fourth-order valence-electron chi connectivity index (χ4n) is 3.34. The van der Waals surface area contributed by atoms with Gasteiger partial charge in [-0.3, -0.25) is 0 Å². The smallest absolute Gasteiger partial charge is 0.232 e. The van der Waals surface area contributed by atoms with E-state index in [-0.39, 0.29) is 12.7 Å². The first kappa shape index (κ1) is 18.4. The maximum absolute atomic E-state index is 9.37. The van der Waals surface area contributed by atoms with Crippen molar-refractivity contribution in [3.63, 3.8) is 0 Å². The number of halogens is 1. The molecule has 0 radical (unpaired) electrons. The molecule has 0 aliphatic carbocycles. The van der Waals surface area contributed by atoms with E-state index in [4.69, 9.17) is 30.8 Å². The summed E-state index contributed by atoms with van der Waals surface area (Å²) in [6.07, 6.45) is 1.21. The predicted molar refractivity (Wildman–Crippen MR) is 111 cm³/mol. The number of hydrogen-bond donors (Lipinski definition) is 1. The van der Waals surface area contributed by atoms with Gasteiger partial charge >= 0.3 is 0 Å². The normalized spacial score (nSPS) is 15.8. The molecule has 0 saturated carbocycles. The van der Waals surface area contributed by atoms with Crippen LogP contribution in [0.4, 0.5) is 0 Å². The zero-order valence-corrected chi connectivity index (χ0v) is 17.2. The maximum atomic E-state index is 9.37. The van der Waals surface area contributed by atoms with Crippen molar-refractivity contribution in [2.24, 2.45) is 0 Å². The highest BCUT2D eigenvalue weighted by atomic mass is 35.5. The first-order chi connectivity index (χ1) is 14.1. The van der Waals surface area contributed by atoms with Crippen LogP contribution in [0, 0.1) is 6.92 Å². The van der Waals surface area contributed by atoms with Crippen molar-refractivity contribution in [3.05, 3.63) is 35.0 Å². The Morgan fingerprint density at radius 3 is 2.93 bits per heavy atom. The van der Waals surface area contributed by atoms with Gasteiger partial charge in [0.1, 0.15) is 16.3 Å². The highest BCUT2D eigenvalue weighted by Crippen LogP contribution is 2.46. The molecule has 0 spiro atoms. The molecule has 4 aromatic rings. The summed E-state index contributed by atoms with van der Waals surface area (Å²) in [5, 5.41) is 10.7. The molecule has 3 heterocycles. The van der Waals surface area contributed by atoms with E-state index < -0.39 is 0 Å². The molecule has 148 valence electrons. The third-order valence-corrected chi connectivity index (χ3v) is 6.02. The van der Waals surface area contributed by atoms with Gasteiger partial charge in [0.05, 0.1) is 36.5 Å². The second kappa shape index (κ2) is 6.98. The molecule has 7 nitrogen and oxygen atoms in total. The summed E-state index contributed by atoms with van der Waals surface area (Å²) in [4.78, 5) is 13.8. The lowest BCUT2D eigenvalue weighted by atomic mass is 10.1. The fourth-order valence-corrected chi connectivity index (χ4v) is 4.70. The number of nitrogens with zero attached hydrogens (tertiary/aromatic N) is 3. The van der Waals surface area contributed by atoms with E-state index in [1.54, 1.807) is 19.4 Å². The minimum absolute atomic E-state index is 0.0961. The number of thiazole rings is 1. The Morgan fingerprint density at radius 1 is 1.28 bits per heavy atom. The Hall–Kier alpha value is -2.68. The molecule has 2 aromatic heterocycles. The van der Waals surface area contributed by atoms with Crippen LogP contribution < -0.4 is 14.2 Å². The monoisotopic (exact) mass is 429 g/mol. The number of ether oxygens (including phenoxy) is 3. The first-order valence-electron chi connectivity index (χ1n) is 8.92. The standard InChI is InChI=1S/C20H16ClN3O4S/c1-9-3-14-18(27-8-11(7-25)28-14)19-16(9)24-20(29-19)12-4-10(21)5-13-17(12)22-6-15(23-13)26-2/h3-6,11,25H,7-8H2,1-2H3. The minimum Gasteiger partial charge on any atom is -0.484 e. The Morgan fingerprint density at radius 2 is 2.14 bits per heavy atom. The van der Waals surface area contributed by atoms with Gasteiger partial charge in [0.25, 0.3) is 0 Å². The zero-order chi connectivity index (χ0) is 20.1. The van der Waals surface area contributed by atoms with Crippen LogP contribution in [0.15, 0.2) is 24.4 Å². The van der Waals surface area contributed by atoms with E-state index in [1.165, 1.54) is 11.3 Å². The third-order valence-electron chi connectivity index (χ3n) is 4.72. The van der Waals surface area contributed by atoms with Crippen LogP contribution in [0.25, 0.3) is 31.8 Å². The number of aromatic nitrogens is 3. The summed E-state index contributed by atoms with van der Waals surface area (Å²) in [6.45, 7) is 2.17. The van der Waals surface area contributed by atoms with Crippen LogP contribution in [0.5, 0.6) is 17.4 Å². The number of methoxy groups -OCH3 is 1. The van der Waals surface area contributed by atoms with Crippen molar-refractivity contribution >= 4 is 44.2 Å². The van der Waals surface area contributed by atoms with Gasteiger partial charge in [-0.15, -0.1) is 11.3 Å². The Kier molecular flexibility index (Phi) is 4.42. The van der Waals surface area contributed by atoms with Crippen LogP contribution in [0.3, 0.4) is 0 Å². The Balaban J connectivity index is 1.72. The van der Waals surface area contributed by atoms with Crippen molar-refractivity contribution < 1.29 is 19.3 Å². The van der Waals surface area contributed by atoms with Crippen LogP contribution in [0.1, 0.15) is 5.56 Å². The van der Waals surface area contributed by atoms with Crippen LogP contribution in [-0.4, -0.2) is 46.5 Å². The molecule has 1 aliphatic heterocycles. The predicted octanol–water partition coefficient (Wildman–Crippen LogP) is 4.01. The van der Waals surface area contributed by atoms with Gasteiger partial charge in [-0.1, -0.05) is 11.6 Å². The highest BCUT2D eigenvalue weighted by Gasteiger charge is 2.26. The van der Waals surface area contributed by atoms with Crippen LogP contribution in [0.2, 0.25) is 5.02 Å². The largest absolute Gasteiger partial charge is 0.484 e. The number of aryl methyl sites for hydroxylation is 1. The second-order valence-electron chi connectivity index (χ2n) is 6.68. The lowest BCUT2D eigenvalue weighted by Gasteiger charge is -2.25. The number of aliphatic hydroxyl groups excluding tert-OH is 1.